The number of aromatic nitrogens is 2. The van der Waals surface area contributed by atoms with Crippen molar-refractivity contribution >= 4 is 18.3 Å². The number of hydrogen-bond acceptors (Lipinski definition) is 5. The van der Waals surface area contributed by atoms with Gasteiger partial charge in [0, 0.05) is 24.5 Å². The third-order valence-corrected chi connectivity index (χ3v) is 5.76. The first-order chi connectivity index (χ1) is 14.8. The number of fused-ring (bicyclic) bond motifs is 1. The lowest BCUT2D eigenvalue weighted by Crippen LogP contribution is -2.48. The SMILES string of the molecule is CCOc1ccc(C)nc1C(=O)N1C[C@@H]2CC2C[C@H]1COc1ccc(C(F)(F)F)cn1.Cl. The molecule has 2 aromatic heterocycles. The maximum Gasteiger partial charge on any atom is 0.417 e. The van der Waals surface area contributed by atoms with Crippen molar-refractivity contribution in [1.29, 1.82) is 0 Å². The van der Waals surface area contributed by atoms with Crippen LogP contribution in [0.25, 0.3) is 0 Å². The van der Waals surface area contributed by atoms with E-state index in [0.717, 1.165) is 30.8 Å². The fourth-order valence-electron chi connectivity index (χ4n) is 4.03. The van der Waals surface area contributed by atoms with Crippen LogP contribution in [-0.4, -0.2) is 46.6 Å². The summed E-state index contributed by atoms with van der Waals surface area (Å²) in [4.78, 5) is 23.3. The number of carbonyl (C=O) groups is 1. The average Bonchev–Trinajstić information content (AvgIpc) is 3.50. The lowest BCUT2D eigenvalue weighted by atomic mass is 10.0. The molecule has 2 aliphatic rings. The van der Waals surface area contributed by atoms with Crippen LogP contribution in [-0.2, 0) is 6.18 Å². The van der Waals surface area contributed by atoms with Crippen molar-refractivity contribution < 1.29 is 27.4 Å². The Bertz CT molecular complexity index is 956. The van der Waals surface area contributed by atoms with Gasteiger partial charge in [-0.3, -0.25) is 4.79 Å². The van der Waals surface area contributed by atoms with E-state index in [4.69, 9.17) is 9.47 Å². The van der Waals surface area contributed by atoms with E-state index >= 15 is 0 Å². The normalized spacial score (nSPS) is 21.9. The second-order valence-electron chi connectivity index (χ2n) is 8.03. The number of likely N-dealkylation sites (tertiary alicyclic amines) is 1. The summed E-state index contributed by atoms with van der Waals surface area (Å²) in [5.41, 5.74) is 0.164. The van der Waals surface area contributed by atoms with Crippen molar-refractivity contribution in [3.8, 4) is 11.6 Å². The summed E-state index contributed by atoms with van der Waals surface area (Å²) in [7, 11) is 0. The Labute approximate surface area is 190 Å². The number of amides is 1. The molecule has 1 aliphatic heterocycles. The molecule has 32 heavy (non-hydrogen) atoms. The molecular formula is C22H25ClF3N3O3. The van der Waals surface area contributed by atoms with Crippen LogP contribution in [0.1, 0.15) is 41.5 Å². The quantitative estimate of drug-likeness (QED) is 0.618. The molecule has 1 unspecified atom stereocenters. The minimum Gasteiger partial charge on any atom is -0.491 e. The van der Waals surface area contributed by atoms with Gasteiger partial charge in [0.25, 0.3) is 5.91 Å². The Morgan fingerprint density at radius 2 is 1.94 bits per heavy atom. The monoisotopic (exact) mass is 471 g/mol. The predicted octanol–water partition coefficient (Wildman–Crippen LogP) is 4.55. The van der Waals surface area contributed by atoms with Gasteiger partial charge in [-0.1, -0.05) is 0 Å². The summed E-state index contributed by atoms with van der Waals surface area (Å²) in [6.07, 6.45) is -1.84. The largest absolute Gasteiger partial charge is 0.491 e. The molecule has 3 atom stereocenters. The van der Waals surface area contributed by atoms with Crippen molar-refractivity contribution in [3.05, 3.63) is 47.4 Å². The lowest BCUT2D eigenvalue weighted by Gasteiger charge is -2.35. The van der Waals surface area contributed by atoms with E-state index < -0.39 is 11.7 Å². The molecule has 0 aromatic carbocycles. The summed E-state index contributed by atoms with van der Waals surface area (Å²) in [5.74, 6) is 1.35. The number of piperidine rings is 1. The topological polar surface area (TPSA) is 64.5 Å². The number of rotatable bonds is 6. The molecule has 0 radical (unpaired) electrons. The van der Waals surface area contributed by atoms with E-state index in [1.165, 1.54) is 6.07 Å². The van der Waals surface area contributed by atoms with Crippen LogP contribution in [0, 0.1) is 18.8 Å². The first-order valence-electron chi connectivity index (χ1n) is 10.3. The molecule has 1 saturated carbocycles. The molecule has 0 spiro atoms. The smallest absolute Gasteiger partial charge is 0.417 e. The summed E-state index contributed by atoms with van der Waals surface area (Å²) >= 11 is 0. The fraction of sp³-hybridized carbons (Fsp3) is 0.500. The van der Waals surface area contributed by atoms with Gasteiger partial charge >= 0.3 is 6.18 Å². The minimum atomic E-state index is -4.45. The zero-order chi connectivity index (χ0) is 22.2. The summed E-state index contributed by atoms with van der Waals surface area (Å²) in [5, 5.41) is 0. The molecule has 0 bridgehead atoms. The number of hydrogen-bond donors (Lipinski definition) is 0. The van der Waals surface area contributed by atoms with Gasteiger partial charge in [0.05, 0.1) is 18.2 Å². The van der Waals surface area contributed by atoms with Gasteiger partial charge in [0.1, 0.15) is 6.61 Å². The highest BCUT2D eigenvalue weighted by Gasteiger charge is 2.48. The summed E-state index contributed by atoms with van der Waals surface area (Å²) in [6, 6.07) is 5.48. The first kappa shape index (κ1) is 24.1. The zero-order valence-electron chi connectivity index (χ0n) is 17.8. The van der Waals surface area contributed by atoms with Gasteiger partial charge in [0.2, 0.25) is 5.88 Å². The number of ether oxygens (including phenoxy) is 2. The highest BCUT2D eigenvalue weighted by Crippen LogP contribution is 2.47. The van der Waals surface area contributed by atoms with Crippen molar-refractivity contribution in [2.24, 2.45) is 11.8 Å². The molecule has 10 heteroatoms. The molecule has 4 rings (SSSR count). The molecule has 174 valence electrons. The molecule has 1 amide bonds. The molecule has 1 saturated heterocycles. The number of carbonyl (C=O) groups excluding carboxylic acids is 1. The molecule has 6 nitrogen and oxygen atoms in total. The Morgan fingerprint density at radius 1 is 1.16 bits per heavy atom. The molecular weight excluding hydrogens is 447 g/mol. The van der Waals surface area contributed by atoms with Gasteiger partial charge in [-0.25, -0.2) is 9.97 Å². The van der Waals surface area contributed by atoms with E-state index in [9.17, 15) is 18.0 Å². The molecule has 3 heterocycles. The van der Waals surface area contributed by atoms with Gasteiger partial charge in [0.15, 0.2) is 11.4 Å². The molecule has 2 aromatic rings. The minimum absolute atomic E-state index is 0. The zero-order valence-corrected chi connectivity index (χ0v) is 18.6. The fourth-order valence-corrected chi connectivity index (χ4v) is 4.03. The number of nitrogens with zero attached hydrogens (tertiary/aromatic N) is 3. The van der Waals surface area contributed by atoms with Gasteiger partial charge in [-0.2, -0.15) is 13.2 Å². The van der Waals surface area contributed by atoms with Crippen molar-refractivity contribution in [2.45, 2.75) is 38.9 Å². The van der Waals surface area contributed by atoms with Gasteiger partial charge in [-0.05, 0) is 56.7 Å². The van der Waals surface area contributed by atoms with Crippen LogP contribution in [0.4, 0.5) is 13.2 Å². The Hall–Kier alpha value is -2.55. The Kier molecular flexibility index (Phi) is 7.17. The van der Waals surface area contributed by atoms with Crippen LogP contribution in [0.3, 0.4) is 0 Å². The van der Waals surface area contributed by atoms with Crippen molar-refractivity contribution in [2.75, 3.05) is 19.8 Å². The van der Waals surface area contributed by atoms with Crippen LogP contribution >= 0.6 is 12.4 Å². The van der Waals surface area contributed by atoms with Crippen LogP contribution in [0.5, 0.6) is 11.6 Å². The van der Waals surface area contributed by atoms with Crippen molar-refractivity contribution in [1.82, 2.24) is 14.9 Å². The molecule has 2 fully saturated rings. The first-order valence-corrected chi connectivity index (χ1v) is 10.3. The second-order valence-corrected chi connectivity index (χ2v) is 8.03. The number of pyridine rings is 2. The van der Waals surface area contributed by atoms with Gasteiger partial charge in [-0.15, -0.1) is 12.4 Å². The number of halogens is 4. The van der Waals surface area contributed by atoms with E-state index in [1.807, 2.05) is 13.8 Å². The summed E-state index contributed by atoms with van der Waals surface area (Å²) < 4.78 is 49.4. The summed E-state index contributed by atoms with van der Waals surface area (Å²) in [6.45, 7) is 4.85. The van der Waals surface area contributed by atoms with Crippen LogP contribution in [0.15, 0.2) is 30.5 Å². The molecule has 0 N–H and O–H groups in total. The van der Waals surface area contributed by atoms with E-state index in [2.05, 4.69) is 9.97 Å². The third-order valence-electron chi connectivity index (χ3n) is 5.76. The van der Waals surface area contributed by atoms with E-state index in [-0.39, 0.29) is 42.5 Å². The van der Waals surface area contributed by atoms with Crippen molar-refractivity contribution in [3.63, 3.8) is 0 Å². The average molecular weight is 472 g/mol. The maximum atomic E-state index is 13.4. The Morgan fingerprint density at radius 3 is 2.59 bits per heavy atom. The third kappa shape index (κ3) is 5.26. The highest BCUT2D eigenvalue weighted by molar-refractivity contribution is 5.95. The standard InChI is InChI=1S/C22H24F3N3O3.ClH/c1-3-30-18-6-4-13(2)27-20(18)21(29)28-11-15-8-14(15)9-17(28)12-31-19-7-5-16(10-26-19)22(23,24)25;/h4-7,10,14-15,17H,3,8-9,11-12H2,1-2H3;1H/t14?,15-,17-;/m0./s1. The Balaban J connectivity index is 0.00000289. The number of aryl methyl sites for hydroxylation is 1. The maximum absolute atomic E-state index is 13.4. The lowest BCUT2D eigenvalue weighted by molar-refractivity contribution is -0.137. The number of alkyl halides is 3. The van der Waals surface area contributed by atoms with E-state index in [1.54, 1.807) is 17.0 Å². The molecule has 1 aliphatic carbocycles. The van der Waals surface area contributed by atoms with Crippen LogP contribution < -0.4 is 9.47 Å². The highest BCUT2D eigenvalue weighted by atomic mass is 35.5. The van der Waals surface area contributed by atoms with E-state index in [0.29, 0.717) is 30.7 Å². The van der Waals surface area contributed by atoms with Crippen LogP contribution in [0.2, 0.25) is 0 Å². The second kappa shape index (κ2) is 9.52. The van der Waals surface area contributed by atoms with Gasteiger partial charge < -0.3 is 14.4 Å². The predicted molar refractivity (Wildman–Crippen MR) is 113 cm³/mol.